The van der Waals surface area contributed by atoms with Crippen LogP contribution in [0.5, 0.6) is 0 Å². The summed E-state index contributed by atoms with van der Waals surface area (Å²) in [6, 6.07) is 5.98. The van der Waals surface area contributed by atoms with Gasteiger partial charge in [-0.15, -0.1) is 0 Å². The van der Waals surface area contributed by atoms with E-state index < -0.39 is 16.0 Å². The summed E-state index contributed by atoms with van der Waals surface area (Å²) in [5.74, 6) is -0.835. The van der Waals surface area contributed by atoms with Crippen LogP contribution >= 0.6 is 0 Å². The zero-order valence-corrected chi connectivity index (χ0v) is 13.2. The molecule has 0 amide bonds. The van der Waals surface area contributed by atoms with Gasteiger partial charge in [0.2, 0.25) is 10.0 Å². The zero-order chi connectivity index (χ0) is 16.0. The molecule has 2 N–H and O–H groups in total. The first-order valence-corrected chi connectivity index (χ1v) is 8.28. The minimum Gasteiger partial charge on any atom is -0.478 e. The largest absolute Gasteiger partial charge is 0.478 e. The maximum Gasteiger partial charge on any atom is 0.328 e. The second-order valence-electron chi connectivity index (χ2n) is 5.12. The molecule has 0 aromatic heterocycles. The molecule has 0 aliphatic heterocycles. The van der Waals surface area contributed by atoms with Gasteiger partial charge in [0, 0.05) is 12.1 Å². The van der Waals surface area contributed by atoms with Crippen LogP contribution in [0.1, 0.15) is 32.8 Å². The first-order chi connectivity index (χ1) is 9.76. The van der Waals surface area contributed by atoms with Gasteiger partial charge in [-0.05, 0) is 36.1 Å². The second kappa shape index (κ2) is 7.38. The molecular formula is C15H21NO4S. The molecule has 5 nitrogen and oxygen atoms in total. The number of sulfonamides is 1. The van der Waals surface area contributed by atoms with E-state index in [0.717, 1.165) is 12.5 Å². The molecule has 1 atom stereocenters. The van der Waals surface area contributed by atoms with Gasteiger partial charge in [-0.3, -0.25) is 0 Å². The van der Waals surface area contributed by atoms with Crippen LogP contribution in [0.15, 0.2) is 35.2 Å². The smallest absolute Gasteiger partial charge is 0.328 e. The van der Waals surface area contributed by atoms with Crippen LogP contribution in [0.25, 0.3) is 6.08 Å². The molecule has 0 aliphatic rings. The van der Waals surface area contributed by atoms with Crippen LogP contribution < -0.4 is 4.72 Å². The number of carboxylic acids is 1. The quantitative estimate of drug-likeness (QED) is 0.758. The van der Waals surface area contributed by atoms with Gasteiger partial charge in [-0.2, -0.15) is 0 Å². The van der Waals surface area contributed by atoms with Crippen molar-refractivity contribution < 1.29 is 18.3 Å². The van der Waals surface area contributed by atoms with Crippen molar-refractivity contribution in [3.05, 3.63) is 35.9 Å². The third-order valence-electron chi connectivity index (χ3n) is 3.16. The predicted octanol–water partition coefficient (Wildman–Crippen LogP) is 2.50. The van der Waals surface area contributed by atoms with E-state index in [1.807, 2.05) is 20.8 Å². The highest BCUT2D eigenvalue weighted by molar-refractivity contribution is 7.89. The van der Waals surface area contributed by atoms with E-state index in [4.69, 9.17) is 5.11 Å². The van der Waals surface area contributed by atoms with Crippen molar-refractivity contribution in [3.8, 4) is 0 Å². The minimum absolute atomic E-state index is 0.110. The summed E-state index contributed by atoms with van der Waals surface area (Å²) in [5.41, 5.74) is 0.632. The van der Waals surface area contributed by atoms with Crippen LogP contribution in [0, 0.1) is 5.92 Å². The van der Waals surface area contributed by atoms with Crippen molar-refractivity contribution >= 4 is 22.1 Å². The van der Waals surface area contributed by atoms with E-state index in [2.05, 4.69) is 4.72 Å². The number of hydrogen-bond donors (Lipinski definition) is 2. The number of carbonyl (C=O) groups is 1. The van der Waals surface area contributed by atoms with Crippen molar-refractivity contribution in [1.82, 2.24) is 4.72 Å². The van der Waals surface area contributed by atoms with Gasteiger partial charge >= 0.3 is 5.97 Å². The van der Waals surface area contributed by atoms with E-state index in [9.17, 15) is 13.2 Å². The Balaban J connectivity index is 2.92. The SMILES string of the molecule is CCC(NS(=O)(=O)c1ccc(C=CC(=O)O)cc1)C(C)C. The maximum absolute atomic E-state index is 12.3. The summed E-state index contributed by atoms with van der Waals surface area (Å²) in [4.78, 5) is 10.6. The monoisotopic (exact) mass is 311 g/mol. The highest BCUT2D eigenvalue weighted by atomic mass is 32.2. The summed E-state index contributed by atoms with van der Waals surface area (Å²) in [7, 11) is -3.56. The van der Waals surface area contributed by atoms with E-state index in [1.54, 1.807) is 12.1 Å². The highest BCUT2D eigenvalue weighted by Gasteiger charge is 2.20. The summed E-state index contributed by atoms with van der Waals surface area (Å²) in [6.45, 7) is 5.87. The van der Waals surface area contributed by atoms with Gasteiger partial charge in [0.25, 0.3) is 0 Å². The van der Waals surface area contributed by atoms with E-state index in [1.165, 1.54) is 18.2 Å². The number of rotatable bonds is 7. The Morgan fingerprint density at radius 1 is 1.29 bits per heavy atom. The fourth-order valence-electron chi connectivity index (χ4n) is 1.88. The zero-order valence-electron chi connectivity index (χ0n) is 12.4. The van der Waals surface area contributed by atoms with Gasteiger partial charge in [0.1, 0.15) is 0 Å². The lowest BCUT2D eigenvalue weighted by atomic mass is 10.0. The van der Waals surface area contributed by atoms with Crippen LogP contribution in [-0.2, 0) is 14.8 Å². The van der Waals surface area contributed by atoms with E-state index in [0.29, 0.717) is 5.56 Å². The molecular weight excluding hydrogens is 290 g/mol. The number of nitrogens with one attached hydrogen (secondary N) is 1. The van der Waals surface area contributed by atoms with Crippen molar-refractivity contribution in [1.29, 1.82) is 0 Å². The van der Waals surface area contributed by atoms with Crippen LogP contribution in [0.2, 0.25) is 0 Å². The number of benzene rings is 1. The summed E-state index contributed by atoms with van der Waals surface area (Å²) in [6.07, 6.45) is 3.14. The Morgan fingerprint density at radius 3 is 2.29 bits per heavy atom. The third kappa shape index (κ3) is 5.32. The molecule has 116 valence electrons. The van der Waals surface area contributed by atoms with Crippen molar-refractivity contribution in [2.75, 3.05) is 0 Å². The summed E-state index contributed by atoms with van der Waals surface area (Å²) in [5, 5.41) is 8.54. The molecule has 0 saturated heterocycles. The molecule has 1 rings (SSSR count). The van der Waals surface area contributed by atoms with Gasteiger partial charge in [0.15, 0.2) is 0 Å². The topological polar surface area (TPSA) is 83.5 Å². The third-order valence-corrected chi connectivity index (χ3v) is 4.67. The molecule has 0 radical (unpaired) electrons. The molecule has 0 spiro atoms. The molecule has 21 heavy (non-hydrogen) atoms. The van der Waals surface area contributed by atoms with Crippen LogP contribution in [0.3, 0.4) is 0 Å². The number of hydrogen-bond acceptors (Lipinski definition) is 3. The molecule has 1 aromatic carbocycles. The van der Waals surface area contributed by atoms with E-state index >= 15 is 0 Å². The molecule has 0 bridgehead atoms. The molecule has 0 heterocycles. The average Bonchev–Trinajstić information content (AvgIpc) is 2.42. The molecule has 1 unspecified atom stereocenters. The fraction of sp³-hybridized carbons (Fsp3) is 0.400. The maximum atomic E-state index is 12.3. The Hall–Kier alpha value is -1.66. The molecule has 0 saturated carbocycles. The molecule has 1 aromatic rings. The van der Waals surface area contributed by atoms with E-state index in [-0.39, 0.29) is 16.9 Å². The highest BCUT2D eigenvalue weighted by Crippen LogP contribution is 2.15. The predicted molar refractivity (Wildman–Crippen MR) is 82.4 cm³/mol. The normalized spacial score (nSPS) is 13.7. The first kappa shape index (κ1) is 17.4. The van der Waals surface area contributed by atoms with Crippen LogP contribution in [0.4, 0.5) is 0 Å². The molecule has 6 heteroatoms. The Bertz CT molecular complexity index is 603. The Labute approximate surface area is 125 Å². The number of aliphatic carboxylic acids is 1. The van der Waals surface area contributed by atoms with Gasteiger partial charge < -0.3 is 5.11 Å². The molecule has 0 aliphatic carbocycles. The van der Waals surface area contributed by atoms with Crippen molar-refractivity contribution in [2.24, 2.45) is 5.92 Å². The number of carboxylic acid groups (broad SMARTS) is 1. The Kier molecular flexibility index (Phi) is 6.11. The first-order valence-electron chi connectivity index (χ1n) is 6.79. The Morgan fingerprint density at radius 2 is 1.86 bits per heavy atom. The lowest BCUT2D eigenvalue weighted by Crippen LogP contribution is -2.37. The molecule has 0 fully saturated rings. The van der Waals surface area contributed by atoms with Gasteiger partial charge in [-0.25, -0.2) is 17.9 Å². The lowest BCUT2D eigenvalue weighted by Gasteiger charge is -2.20. The average molecular weight is 311 g/mol. The second-order valence-corrected chi connectivity index (χ2v) is 6.83. The summed E-state index contributed by atoms with van der Waals surface area (Å²) < 4.78 is 27.2. The minimum atomic E-state index is -3.56. The fourth-order valence-corrected chi connectivity index (χ4v) is 3.35. The van der Waals surface area contributed by atoms with Crippen LogP contribution in [-0.4, -0.2) is 25.5 Å². The van der Waals surface area contributed by atoms with Crippen molar-refractivity contribution in [3.63, 3.8) is 0 Å². The standard InChI is InChI=1S/C15H21NO4S/c1-4-14(11(2)3)16-21(19,20)13-8-5-12(6-9-13)7-10-15(17)18/h5-11,14,16H,4H2,1-3H3,(H,17,18). The van der Waals surface area contributed by atoms with Crippen molar-refractivity contribution in [2.45, 2.75) is 38.1 Å². The van der Waals surface area contributed by atoms with Gasteiger partial charge in [0.05, 0.1) is 4.90 Å². The van der Waals surface area contributed by atoms with Gasteiger partial charge in [-0.1, -0.05) is 32.9 Å². The lowest BCUT2D eigenvalue weighted by molar-refractivity contribution is -0.131. The summed E-state index contributed by atoms with van der Waals surface area (Å²) >= 11 is 0.